The number of carbonyl (C=O) groups is 1. The predicted molar refractivity (Wildman–Crippen MR) is 88.7 cm³/mol. The molecule has 0 aliphatic rings. The van der Waals surface area contributed by atoms with E-state index in [1.54, 1.807) is 0 Å². The lowest BCUT2D eigenvalue weighted by Crippen LogP contribution is -2.41. The topological polar surface area (TPSA) is 46.9 Å². The van der Waals surface area contributed by atoms with Crippen molar-refractivity contribution in [2.75, 3.05) is 0 Å². The molecule has 0 saturated heterocycles. The number of halogens is 3. The molecule has 0 radical (unpaired) electrons. The average molecular weight is 355 g/mol. The predicted octanol–water partition coefficient (Wildman–Crippen LogP) is 2.97. The van der Waals surface area contributed by atoms with Crippen molar-refractivity contribution >= 4 is 19.2 Å². The second-order valence-corrected chi connectivity index (χ2v) is 11.6. The van der Waals surface area contributed by atoms with Crippen LogP contribution in [0.25, 0.3) is 0 Å². The lowest BCUT2D eigenvalue weighted by atomic mass is 10.2. The Morgan fingerprint density at radius 1 is 1.29 bits per heavy atom. The fourth-order valence-electron chi connectivity index (χ4n) is 2.56. The molecule has 0 bridgehead atoms. The van der Waals surface area contributed by atoms with Crippen molar-refractivity contribution in [1.29, 1.82) is 0 Å². The molecule has 0 fully saturated rings. The molecule has 0 unspecified atom stereocenters. The van der Waals surface area contributed by atoms with E-state index in [4.69, 9.17) is 0 Å². The summed E-state index contributed by atoms with van der Waals surface area (Å²) in [5, 5.41) is 7.07. The minimum Gasteiger partial charge on any atom is -0.348 e. The van der Waals surface area contributed by atoms with Crippen LogP contribution in [0, 0.1) is 5.95 Å². The van der Waals surface area contributed by atoms with Gasteiger partial charge in [-0.05, 0) is 5.56 Å². The summed E-state index contributed by atoms with van der Waals surface area (Å²) in [4.78, 5) is 12.2. The summed E-state index contributed by atoms with van der Waals surface area (Å²) in [6, 6.07) is 7.65. The van der Waals surface area contributed by atoms with Crippen molar-refractivity contribution in [2.24, 2.45) is 7.05 Å². The van der Waals surface area contributed by atoms with E-state index in [0.717, 1.165) is 10.8 Å². The van der Waals surface area contributed by atoms with Crippen molar-refractivity contribution in [3.63, 3.8) is 0 Å². The molecule has 0 atom stereocenters. The summed E-state index contributed by atoms with van der Waals surface area (Å²) in [6.45, 7) is 6.66. The molecule has 2 aromatic rings. The fourth-order valence-corrected chi connectivity index (χ4v) is 4.29. The first-order valence-electron chi connectivity index (χ1n) is 7.50. The minimum absolute atomic E-state index is 0.149. The van der Waals surface area contributed by atoms with E-state index in [-0.39, 0.29) is 6.54 Å². The summed E-state index contributed by atoms with van der Waals surface area (Å²) in [6.07, 6.45) is -3.02. The minimum atomic E-state index is -3.02. The number of rotatable bonds is 5. The lowest BCUT2D eigenvalue weighted by molar-refractivity contribution is 0.0931. The summed E-state index contributed by atoms with van der Waals surface area (Å²) >= 11 is 0. The third kappa shape index (κ3) is 3.69. The standard InChI is InChI=1S/C16H20F3N3OSi/c1-22-15(19)12(13(21-22)14(17)18)16(23)20-9-10-7-5-6-8-11(10)24(2,3)4/h5-8,14H,9H2,1-4H3,(H,20,23). The second kappa shape index (κ2) is 6.80. The van der Waals surface area contributed by atoms with E-state index >= 15 is 0 Å². The van der Waals surface area contributed by atoms with Gasteiger partial charge in [-0.25, -0.2) is 13.5 Å². The van der Waals surface area contributed by atoms with Crippen LogP contribution in [0.4, 0.5) is 13.2 Å². The first-order valence-corrected chi connectivity index (χ1v) is 11.0. The molecule has 1 heterocycles. The van der Waals surface area contributed by atoms with Crippen LogP contribution in [0.1, 0.15) is 28.0 Å². The Morgan fingerprint density at radius 3 is 2.50 bits per heavy atom. The molecule has 1 aromatic carbocycles. The van der Waals surface area contributed by atoms with Crippen LogP contribution >= 0.6 is 0 Å². The monoisotopic (exact) mass is 355 g/mol. The normalized spacial score (nSPS) is 11.8. The number of hydrogen-bond acceptors (Lipinski definition) is 2. The number of alkyl halides is 2. The van der Waals surface area contributed by atoms with Gasteiger partial charge in [0.1, 0.15) is 11.3 Å². The molecule has 1 N–H and O–H groups in total. The van der Waals surface area contributed by atoms with Crippen molar-refractivity contribution in [2.45, 2.75) is 32.6 Å². The average Bonchev–Trinajstić information content (AvgIpc) is 2.80. The Bertz CT molecular complexity index is 754. The summed E-state index contributed by atoms with van der Waals surface area (Å²) in [5.41, 5.74) is -0.628. The van der Waals surface area contributed by atoms with E-state index in [0.29, 0.717) is 4.68 Å². The number of carbonyl (C=O) groups excluding carboxylic acids is 1. The van der Waals surface area contributed by atoms with E-state index in [1.807, 2.05) is 24.3 Å². The van der Waals surface area contributed by atoms with Gasteiger partial charge in [-0.1, -0.05) is 49.1 Å². The molecule has 0 aliphatic carbocycles. The number of hydrogen-bond donors (Lipinski definition) is 1. The molecule has 130 valence electrons. The van der Waals surface area contributed by atoms with Gasteiger partial charge >= 0.3 is 0 Å². The molecule has 8 heteroatoms. The molecule has 0 spiro atoms. The van der Waals surface area contributed by atoms with Crippen molar-refractivity contribution < 1.29 is 18.0 Å². The molecule has 1 aromatic heterocycles. The van der Waals surface area contributed by atoms with Gasteiger partial charge < -0.3 is 5.32 Å². The highest BCUT2D eigenvalue weighted by molar-refractivity contribution is 6.89. The zero-order chi connectivity index (χ0) is 18.1. The zero-order valence-electron chi connectivity index (χ0n) is 14.0. The van der Waals surface area contributed by atoms with E-state index < -0.39 is 37.6 Å². The van der Waals surface area contributed by atoms with Crippen LogP contribution in [0.3, 0.4) is 0 Å². The molecular weight excluding hydrogens is 335 g/mol. The van der Waals surface area contributed by atoms with Crippen molar-refractivity contribution in [3.8, 4) is 0 Å². The van der Waals surface area contributed by atoms with Crippen LogP contribution in [-0.4, -0.2) is 23.8 Å². The quantitative estimate of drug-likeness (QED) is 0.838. The molecule has 1 amide bonds. The van der Waals surface area contributed by atoms with Crippen LogP contribution in [-0.2, 0) is 13.6 Å². The highest BCUT2D eigenvalue weighted by atomic mass is 28.3. The Balaban J connectivity index is 2.25. The number of aromatic nitrogens is 2. The van der Waals surface area contributed by atoms with Gasteiger partial charge in [0.25, 0.3) is 12.3 Å². The summed E-state index contributed by atoms with van der Waals surface area (Å²) < 4.78 is 40.5. The zero-order valence-corrected chi connectivity index (χ0v) is 15.0. The first kappa shape index (κ1) is 18.2. The Labute approximate surface area is 139 Å². The van der Waals surface area contributed by atoms with Crippen LogP contribution in [0.2, 0.25) is 19.6 Å². The van der Waals surface area contributed by atoms with Gasteiger partial charge in [-0.15, -0.1) is 0 Å². The fraction of sp³-hybridized carbons (Fsp3) is 0.375. The van der Waals surface area contributed by atoms with Gasteiger partial charge in [0.2, 0.25) is 5.95 Å². The molecule has 2 rings (SSSR count). The lowest BCUT2D eigenvalue weighted by Gasteiger charge is -2.21. The number of nitrogens with zero attached hydrogens (tertiary/aromatic N) is 2. The van der Waals surface area contributed by atoms with Gasteiger partial charge in [-0.3, -0.25) is 4.79 Å². The first-order chi connectivity index (χ1) is 11.1. The van der Waals surface area contributed by atoms with Gasteiger partial charge in [0.05, 0.1) is 8.07 Å². The Morgan fingerprint density at radius 2 is 1.92 bits per heavy atom. The smallest absolute Gasteiger partial charge is 0.283 e. The van der Waals surface area contributed by atoms with E-state index in [2.05, 4.69) is 30.1 Å². The van der Waals surface area contributed by atoms with Gasteiger partial charge in [-0.2, -0.15) is 9.49 Å². The Hall–Kier alpha value is -2.09. The second-order valence-electron chi connectivity index (χ2n) is 6.57. The largest absolute Gasteiger partial charge is 0.348 e. The van der Waals surface area contributed by atoms with Crippen LogP contribution in [0.15, 0.2) is 24.3 Å². The highest BCUT2D eigenvalue weighted by Gasteiger charge is 2.28. The molecule has 24 heavy (non-hydrogen) atoms. The van der Waals surface area contributed by atoms with E-state index in [1.165, 1.54) is 7.05 Å². The summed E-state index contributed by atoms with van der Waals surface area (Å²) in [7, 11) is -0.448. The van der Waals surface area contributed by atoms with Crippen molar-refractivity contribution in [3.05, 3.63) is 47.0 Å². The maximum atomic E-state index is 13.9. The number of benzene rings is 1. The SMILES string of the molecule is Cn1nc(C(F)F)c(C(=O)NCc2ccccc2[Si](C)(C)C)c1F. The van der Waals surface area contributed by atoms with Gasteiger partial charge in [0.15, 0.2) is 0 Å². The highest BCUT2D eigenvalue weighted by Crippen LogP contribution is 2.23. The van der Waals surface area contributed by atoms with Crippen molar-refractivity contribution in [1.82, 2.24) is 15.1 Å². The summed E-state index contributed by atoms with van der Waals surface area (Å²) in [5.74, 6) is -1.96. The molecular formula is C16H20F3N3OSi. The number of amides is 1. The maximum Gasteiger partial charge on any atom is 0.283 e. The van der Waals surface area contributed by atoms with Crippen LogP contribution < -0.4 is 10.5 Å². The third-order valence-electron chi connectivity index (χ3n) is 3.70. The molecule has 0 saturated carbocycles. The van der Waals surface area contributed by atoms with E-state index in [9.17, 15) is 18.0 Å². The molecule has 0 aliphatic heterocycles. The van der Waals surface area contributed by atoms with Crippen LogP contribution in [0.5, 0.6) is 0 Å². The Kier molecular flexibility index (Phi) is 5.17. The number of aryl methyl sites for hydroxylation is 1. The van der Waals surface area contributed by atoms with Gasteiger partial charge in [0, 0.05) is 13.6 Å². The third-order valence-corrected chi connectivity index (χ3v) is 5.81. The molecule has 4 nitrogen and oxygen atoms in total. The number of nitrogens with one attached hydrogen (secondary N) is 1. The maximum absolute atomic E-state index is 13.9.